The molecule has 1 saturated heterocycles. The molecule has 0 radical (unpaired) electrons. The van der Waals surface area contributed by atoms with Crippen LogP contribution in [0.1, 0.15) is 96.8 Å². The molecule has 1 aliphatic heterocycles. The Balaban J connectivity index is 2.07. The molecule has 2 unspecified atom stereocenters. The van der Waals surface area contributed by atoms with Gasteiger partial charge >= 0.3 is 148 Å². The quantitative estimate of drug-likeness (QED) is 0.0526. The van der Waals surface area contributed by atoms with Crippen molar-refractivity contribution >= 4 is 5.91 Å². The Morgan fingerprint density at radius 3 is 2.03 bits per heavy atom. The van der Waals surface area contributed by atoms with E-state index in [2.05, 4.69) is 12.2 Å². The molecule has 1 heterocycles. The number of unbranched alkanes of at least 4 members (excludes halogenated alkanes) is 13. The molecule has 7 nitrogen and oxygen atoms in total. The molecule has 0 saturated carbocycles. The molecule has 1 aliphatic rings. The van der Waals surface area contributed by atoms with E-state index in [0.29, 0.717) is 11.0 Å². The number of rotatable bonds is 21. The molecule has 0 aromatic carbocycles. The minimum absolute atomic E-state index is 0.325. The predicted molar refractivity (Wildman–Crippen MR) is 125 cm³/mol. The molecule has 6 N–H and O–H groups in total. The first kappa shape index (κ1) is 29.6. The molecule has 0 aliphatic carbocycles. The second-order valence-electron chi connectivity index (χ2n) is 8.73. The van der Waals surface area contributed by atoms with Gasteiger partial charge in [-0.2, -0.15) is 0 Å². The van der Waals surface area contributed by atoms with Crippen LogP contribution < -0.4 is 36.5 Å². The van der Waals surface area contributed by atoms with E-state index in [-0.39, 0.29) is 6.10 Å². The monoisotopic (exact) mass is 568 g/mol. The van der Waals surface area contributed by atoms with E-state index in [0.717, 1.165) is 12.8 Å². The van der Waals surface area contributed by atoms with Gasteiger partial charge in [-0.3, -0.25) is 0 Å². The molecule has 32 heavy (non-hydrogen) atoms. The maximum atomic E-state index is 10.9. The number of nitrogens with one attached hydrogen (secondary N) is 1. The minimum atomic E-state index is -0.718. The number of alkyl halides is 1. The van der Waals surface area contributed by atoms with Crippen LogP contribution >= 0.6 is 0 Å². The number of halogens is 1. The Labute approximate surface area is 206 Å². The van der Waals surface area contributed by atoms with Gasteiger partial charge in [0.15, 0.2) is 0 Å². The zero-order valence-corrected chi connectivity index (χ0v) is 22.1. The van der Waals surface area contributed by atoms with Gasteiger partial charge in [0.05, 0.1) is 0 Å². The number of amides is 1. The summed E-state index contributed by atoms with van der Waals surface area (Å²) in [4.78, 5) is 10.9. The van der Waals surface area contributed by atoms with Crippen LogP contribution in [0.2, 0.25) is 0 Å². The van der Waals surface area contributed by atoms with Crippen molar-refractivity contribution in [2.45, 2.75) is 121 Å². The Morgan fingerprint density at radius 1 is 1.00 bits per heavy atom. The van der Waals surface area contributed by atoms with Gasteiger partial charge in [-0.05, 0) is 0 Å². The second kappa shape index (κ2) is 20.0. The fourth-order valence-electron chi connectivity index (χ4n) is 4.01. The van der Waals surface area contributed by atoms with Gasteiger partial charge in [0, 0.05) is 0 Å². The van der Waals surface area contributed by atoms with Crippen LogP contribution in [0.15, 0.2) is 12.3 Å². The molecule has 4 atom stereocenters. The van der Waals surface area contributed by atoms with E-state index in [9.17, 15) is 9.90 Å². The fourth-order valence-corrected chi connectivity index (χ4v) is 5.24. The van der Waals surface area contributed by atoms with Gasteiger partial charge in [0.2, 0.25) is 0 Å². The summed E-state index contributed by atoms with van der Waals surface area (Å²) in [6.45, 7) is 2.86. The molecule has 0 spiro atoms. The van der Waals surface area contributed by atoms with Crippen LogP contribution in [0.3, 0.4) is 0 Å². The Hall–Kier alpha value is -0.420. The molecule has 190 valence electrons. The average molecular weight is 569 g/mol. The number of hydrogen-bond donors (Lipinski definition) is 4. The normalized spacial score (nSPS) is 23.3. The summed E-state index contributed by atoms with van der Waals surface area (Å²) in [5.41, 5.74) is 5.11. The third kappa shape index (κ3) is 14.0. The number of primary amides is 1. The standard InChI is InChI=1S/C24H47IN3O4/c1-2-3-4-5-6-7-8-9-10-11-12-13-14-15-18-31-23-22(30)20(19-25-27)32-24(23)28-17-16-21(26)29/h16-17,20,22-24,28,30H,2-15,18-19,27H2,1H3,(H2,26,29)/q-1/b17-16-/t20-,22?,23?,24-/m1/s1. The molecule has 0 aromatic heterocycles. The molecular formula is C24H47IN3O4-. The summed E-state index contributed by atoms with van der Waals surface area (Å²) in [6, 6.07) is 0. The van der Waals surface area contributed by atoms with Gasteiger partial charge < -0.3 is 0 Å². The van der Waals surface area contributed by atoms with Crippen LogP contribution in [0.5, 0.6) is 0 Å². The van der Waals surface area contributed by atoms with Crippen LogP contribution in [0, 0.1) is 0 Å². The first-order valence-corrected chi connectivity index (χ1v) is 15.3. The van der Waals surface area contributed by atoms with Crippen molar-refractivity contribution in [3.05, 3.63) is 12.3 Å². The average Bonchev–Trinajstić information content (AvgIpc) is 3.05. The summed E-state index contributed by atoms with van der Waals surface area (Å²) in [6.07, 6.45) is 19.1. The van der Waals surface area contributed by atoms with Gasteiger partial charge in [-0.15, -0.1) is 0 Å². The number of carbonyl (C=O) groups is 1. The van der Waals surface area contributed by atoms with Gasteiger partial charge in [-0.1, -0.05) is 58.3 Å². The van der Waals surface area contributed by atoms with Gasteiger partial charge in [0.1, 0.15) is 0 Å². The Morgan fingerprint density at radius 2 is 1.53 bits per heavy atom. The van der Waals surface area contributed by atoms with E-state index in [1.165, 1.54) is 89.3 Å². The number of aliphatic hydroxyl groups excluding tert-OH is 1. The Bertz CT molecular complexity index is 496. The molecule has 1 rings (SSSR count). The molecular weight excluding hydrogens is 521 g/mol. The molecule has 0 bridgehead atoms. The first-order valence-electron chi connectivity index (χ1n) is 12.5. The van der Waals surface area contributed by atoms with Gasteiger partial charge in [-0.25, -0.2) is 0 Å². The molecule has 1 amide bonds. The fraction of sp³-hybridized carbons (Fsp3) is 0.875. The topological polar surface area (TPSA) is 120 Å². The third-order valence-electron chi connectivity index (χ3n) is 5.89. The van der Waals surface area contributed by atoms with Gasteiger partial charge in [0.25, 0.3) is 0 Å². The summed E-state index contributed by atoms with van der Waals surface area (Å²) in [7, 11) is 0. The van der Waals surface area contributed by atoms with E-state index in [1.807, 2.05) is 0 Å². The first-order chi connectivity index (χ1) is 15.6. The molecule has 8 heteroatoms. The second-order valence-corrected chi connectivity index (χ2v) is 10.5. The summed E-state index contributed by atoms with van der Waals surface area (Å²) in [5, 5.41) is 13.5. The SMILES string of the molecule is CCCCCCCCCCCCCCCCOC1C(O)[C@@H](C[I-]N)O[C@H]1N/C=C\C(N)=O. The van der Waals surface area contributed by atoms with Crippen LogP contribution in [-0.2, 0) is 14.3 Å². The van der Waals surface area contributed by atoms with Crippen molar-refractivity contribution in [1.29, 1.82) is 0 Å². The van der Waals surface area contributed by atoms with E-state index in [4.69, 9.17) is 19.2 Å². The zero-order valence-electron chi connectivity index (χ0n) is 20.0. The van der Waals surface area contributed by atoms with Crippen LogP contribution in [-0.4, -0.2) is 46.6 Å². The van der Waals surface area contributed by atoms with Crippen LogP contribution in [0.4, 0.5) is 0 Å². The van der Waals surface area contributed by atoms with E-state index >= 15 is 0 Å². The predicted octanol–water partition coefficient (Wildman–Crippen LogP) is 0.490. The number of carbonyl (C=O) groups excluding carboxylic acids is 1. The summed E-state index contributed by atoms with van der Waals surface area (Å²) >= 11 is -0.491. The van der Waals surface area contributed by atoms with Crippen molar-refractivity contribution in [3.8, 4) is 0 Å². The third-order valence-corrected chi connectivity index (χ3v) is 7.27. The number of nitrogens with two attached hydrogens (primary N) is 2. The number of aliphatic hydroxyl groups is 1. The summed E-state index contributed by atoms with van der Waals surface area (Å²) < 4.78 is 18.2. The van der Waals surface area contributed by atoms with Crippen molar-refractivity contribution in [2.24, 2.45) is 9.68 Å². The van der Waals surface area contributed by atoms with Crippen LogP contribution in [0.25, 0.3) is 0 Å². The van der Waals surface area contributed by atoms with Crippen molar-refractivity contribution in [3.63, 3.8) is 0 Å². The zero-order chi connectivity index (χ0) is 23.4. The van der Waals surface area contributed by atoms with E-state index < -0.39 is 45.8 Å². The maximum absolute atomic E-state index is 10.9. The van der Waals surface area contributed by atoms with E-state index in [1.54, 1.807) is 0 Å². The van der Waals surface area contributed by atoms with Crippen molar-refractivity contribution in [1.82, 2.24) is 5.32 Å². The van der Waals surface area contributed by atoms with Crippen molar-refractivity contribution in [2.75, 3.05) is 11.0 Å². The molecule has 0 aromatic rings. The summed E-state index contributed by atoms with van der Waals surface area (Å²) in [5.74, 6) is -0.541. The molecule has 1 fully saturated rings. The Kier molecular flexibility index (Phi) is 18.5. The van der Waals surface area contributed by atoms with Crippen molar-refractivity contribution < 1.29 is 40.9 Å². The number of hydrogen-bond acceptors (Lipinski definition) is 6. The number of ether oxygens (including phenoxy) is 2.